The first kappa shape index (κ1) is 22.8. The number of rotatable bonds is 6. The first-order valence-corrected chi connectivity index (χ1v) is 12.0. The zero-order valence-electron chi connectivity index (χ0n) is 19.8. The largest absolute Gasteiger partial charge is 0.326 e. The maximum Gasteiger partial charge on any atom is 0.325 e. The number of benzene rings is 3. The molecule has 1 fully saturated rings. The molecule has 35 heavy (non-hydrogen) atoms. The van der Waals surface area contributed by atoms with E-state index in [1.807, 2.05) is 62.4 Å². The first-order chi connectivity index (χ1) is 16.9. The van der Waals surface area contributed by atoms with Gasteiger partial charge in [-0.15, -0.1) is 0 Å². The number of fused-ring (bicyclic) bond motifs is 1. The molecule has 0 spiro atoms. The summed E-state index contributed by atoms with van der Waals surface area (Å²) in [7, 11) is 0. The Balaban J connectivity index is 1.43. The van der Waals surface area contributed by atoms with Gasteiger partial charge < -0.3 is 5.32 Å². The minimum absolute atomic E-state index is 0.245. The second-order valence-electron chi connectivity index (χ2n) is 9.53. The highest BCUT2D eigenvalue weighted by molar-refractivity contribution is 6.08. The third-order valence-electron chi connectivity index (χ3n) is 6.54. The van der Waals surface area contributed by atoms with E-state index in [-0.39, 0.29) is 30.3 Å². The van der Waals surface area contributed by atoms with Crippen LogP contribution in [0.2, 0.25) is 0 Å². The van der Waals surface area contributed by atoms with Crippen LogP contribution < -0.4 is 5.32 Å². The topological polar surface area (TPSA) is 82.1 Å². The molecule has 7 heteroatoms. The average Bonchev–Trinajstić information content (AvgIpc) is 3.41. The lowest BCUT2D eigenvalue weighted by Crippen LogP contribution is -2.41. The SMILES string of the molecule is CC(C)C[C@H]1NC(=O)N(CC(=O)N2N=C(c3ccc4ccccc4c3)C[C@H]2c2ccccc2)C1=O. The molecule has 0 bridgehead atoms. The van der Waals surface area contributed by atoms with Crippen LogP contribution in [0, 0.1) is 5.92 Å². The van der Waals surface area contributed by atoms with Gasteiger partial charge in [0.2, 0.25) is 0 Å². The summed E-state index contributed by atoms with van der Waals surface area (Å²) in [6.07, 6.45) is 1.08. The van der Waals surface area contributed by atoms with Crippen molar-refractivity contribution in [3.05, 3.63) is 83.9 Å². The molecule has 0 aromatic heterocycles. The Morgan fingerprint density at radius 1 is 1.00 bits per heavy atom. The van der Waals surface area contributed by atoms with Crippen LogP contribution in [-0.2, 0) is 9.59 Å². The molecule has 1 N–H and O–H groups in total. The number of carbonyl (C=O) groups is 3. The monoisotopic (exact) mass is 468 g/mol. The van der Waals surface area contributed by atoms with Crippen molar-refractivity contribution in [1.29, 1.82) is 0 Å². The van der Waals surface area contributed by atoms with Gasteiger partial charge in [0, 0.05) is 6.42 Å². The molecule has 2 atom stereocenters. The van der Waals surface area contributed by atoms with Crippen molar-refractivity contribution in [3.8, 4) is 0 Å². The Morgan fingerprint density at radius 2 is 1.71 bits per heavy atom. The highest BCUT2D eigenvalue weighted by atomic mass is 16.2. The van der Waals surface area contributed by atoms with E-state index in [1.54, 1.807) is 0 Å². The van der Waals surface area contributed by atoms with E-state index in [2.05, 4.69) is 29.6 Å². The molecule has 3 aromatic rings. The molecule has 178 valence electrons. The second kappa shape index (κ2) is 9.33. The number of carbonyl (C=O) groups excluding carboxylic acids is 3. The van der Waals surface area contributed by atoms with Gasteiger partial charge in [-0.3, -0.25) is 14.5 Å². The summed E-state index contributed by atoms with van der Waals surface area (Å²) < 4.78 is 0. The average molecular weight is 469 g/mol. The summed E-state index contributed by atoms with van der Waals surface area (Å²) in [5.41, 5.74) is 2.70. The summed E-state index contributed by atoms with van der Waals surface area (Å²) in [6, 6.07) is 22.6. The highest BCUT2D eigenvalue weighted by Crippen LogP contribution is 2.33. The van der Waals surface area contributed by atoms with Gasteiger partial charge in [0.1, 0.15) is 12.6 Å². The fourth-order valence-electron chi connectivity index (χ4n) is 4.78. The Kier molecular flexibility index (Phi) is 6.07. The van der Waals surface area contributed by atoms with E-state index < -0.39 is 12.1 Å². The maximum atomic E-state index is 13.4. The number of imide groups is 1. The third-order valence-corrected chi connectivity index (χ3v) is 6.54. The van der Waals surface area contributed by atoms with Crippen LogP contribution >= 0.6 is 0 Å². The third kappa shape index (κ3) is 4.54. The van der Waals surface area contributed by atoms with Crippen LogP contribution in [-0.4, -0.2) is 46.1 Å². The number of amides is 4. The molecular weight excluding hydrogens is 440 g/mol. The van der Waals surface area contributed by atoms with Crippen LogP contribution in [0.25, 0.3) is 10.8 Å². The number of urea groups is 1. The minimum Gasteiger partial charge on any atom is -0.326 e. The zero-order chi connectivity index (χ0) is 24.5. The van der Waals surface area contributed by atoms with Crippen molar-refractivity contribution < 1.29 is 14.4 Å². The number of hydrogen-bond acceptors (Lipinski definition) is 4. The van der Waals surface area contributed by atoms with E-state index in [0.29, 0.717) is 12.8 Å². The van der Waals surface area contributed by atoms with Gasteiger partial charge in [0.15, 0.2) is 0 Å². The van der Waals surface area contributed by atoms with Gasteiger partial charge in [-0.25, -0.2) is 9.80 Å². The van der Waals surface area contributed by atoms with Crippen molar-refractivity contribution in [2.75, 3.05) is 6.54 Å². The predicted molar refractivity (Wildman–Crippen MR) is 135 cm³/mol. The fourth-order valence-corrected chi connectivity index (χ4v) is 4.78. The summed E-state index contributed by atoms with van der Waals surface area (Å²) in [6.45, 7) is 3.65. The lowest BCUT2D eigenvalue weighted by molar-refractivity contribution is -0.138. The van der Waals surface area contributed by atoms with Crippen LogP contribution in [0.15, 0.2) is 77.9 Å². The van der Waals surface area contributed by atoms with E-state index in [4.69, 9.17) is 5.10 Å². The van der Waals surface area contributed by atoms with Gasteiger partial charge in [-0.2, -0.15) is 5.10 Å². The van der Waals surface area contributed by atoms with Crippen molar-refractivity contribution in [1.82, 2.24) is 15.2 Å². The van der Waals surface area contributed by atoms with Crippen LogP contribution in [0.3, 0.4) is 0 Å². The molecular formula is C28H28N4O3. The minimum atomic E-state index is -0.588. The molecule has 2 aliphatic heterocycles. The molecule has 0 saturated carbocycles. The summed E-state index contributed by atoms with van der Waals surface area (Å²) in [5, 5.41) is 11.1. The van der Waals surface area contributed by atoms with Crippen molar-refractivity contribution in [3.63, 3.8) is 0 Å². The van der Waals surface area contributed by atoms with E-state index in [0.717, 1.165) is 32.5 Å². The summed E-state index contributed by atoms with van der Waals surface area (Å²) in [4.78, 5) is 39.7. The highest BCUT2D eigenvalue weighted by Gasteiger charge is 2.41. The zero-order valence-corrected chi connectivity index (χ0v) is 19.8. The lowest BCUT2D eigenvalue weighted by Gasteiger charge is -2.23. The molecule has 5 rings (SSSR count). The van der Waals surface area contributed by atoms with Gasteiger partial charge in [-0.05, 0) is 40.3 Å². The van der Waals surface area contributed by atoms with Crippen molar-refractivity contribution >= 4 is 34.3 Å². The van der Waals surface area contributed by atoms with Gasteiger partial charge in [0.25, 0.3) is 11.8 Å². The first-order valence-electron chi connectivity index (χ1n) is 12.0. The molecule has 7 nitrogen and oxygen atoms in total. The quantitative estimate of drug-likeness (QED) is 0.542. The van der Waals surface area contributed by atoms with Gasteiger partial charge in [-0.1, -0.05) is 80.6 Å². The molecule has 0 radical (unpaired) electrons. The lowest BCUT2D eigenvalue weighted by atomic mass is 9.97. The number of nitrogens with one attached hydrogen (secondary N) is 1. The summed E-state index contributed by atoms with van der Waals surface area (Å²) >= 11 is 0. The van der Waals surface area contributed by atoms with Crippen molar-refractivity contribution in [2.24, 2.45) is 11.0 Å². The van der Waals surface area contributed by atoms with Crippen LogP contribution in [0.4, 0.5) is 4.79 Å². The van der Waals surface area contributed by atoms with Crippen molar-refractivity contribution in [2.45, 2.75) is 38.8 Å². The normalized spacial score (nSPS) is 20.0. The van der Waals surface area contributed by atoms with Gasteiger partial charge >= 0.3 is 6.03 Å². The molecule has 3 aromatic carbocycles. The molecule has 2 heterocycles. The number of hydrogen-bond donors (Lipinski definition) is 1. The molecule has 0 aliphatic carbocycles. The Hall–Kier alpha value is -4.00. The Labute approximate surface area is 204 Å². The standard InChI is InChI=1S/C28H28N4O3/c1-18(2)14-24-27(34)31(28(35)29-24)17-26(33)32-25(20-9-4-3-5-10-20)16-23(30-32)22-13-12-19-8-6-7-11-21(19)15-22/h3-13,15,18,24-25H,14,16-17H2,1-2H3,(H,29,35)/t24-,25+/m1/s1. The number of hydrazone groups is 1. The summed E-state index contributed by atoms with van der Waals surface area (Å²) in [5.74, 6) is -0.496. The van der Waals surface area contributed by atoms with Crippen LogP contribution in [0.1, 0.15) is 43.9 Å². The fraction of sp³-hybridized carbons (Fsp3) is 0.286. The Morgan fingerprint density at radius 3 is 2.46 bits per heavy atom. The van der Waals surface area contributed by atoms with Gasteiger partial charge in [0.05, 0.1) is 11.8 Å². The molecule has 4 amide bonds. The smallest absolute Gasteiger partial charge is 0.325 e. The Bertz CT molecular complexity index is 1320. The molecule has 0 unspecified atom stereocenters. The molecule has 1 saturated heterocycles. The maximum absolute atomic E-state index is 13.4. The van der Waals surface area contributed by atoms with Crippen LogP contribution in [0.5, 0.6) is 0 Å². The second-order valence-corrected chi connectivity index (χ2v) is 9.53. The van der Waals surface area contributed by atoms with E-state index in [9.17, 15) is 14.4 Å². The number of nitrogens with zero attached hydrogens (tertiary/aromatic N) is 3. The van der Waals surface area contributed by atoms with E-state index >= 15 is 0 Å². The molecule has 2 aliphatic rings. The van der Waals surface area contributed by atoms with E-state index in [1.165, 1.54) is 5.01 Å². The predicted octanol–water partition coefficient (Wildman–Crippen LogP) is 4.48.